The van der Waals surface area contributed by atoms with Crippen LogP contribution in [0.1, 0.15) is 94.3 Å². The first-order chi connectivity index (χ1) is 14.2. The molecule has 0 bridgehead atoms. The third-order valence-electron chi connectivity index (χ3n) is 4.79. The van der Waals surface area contributed by atoms with E-state index in [1.165, 1.54) is 38.5 Å². The lowest BCUT2D eigenvalue weighted by atomic mass is 10.1. The summed E-state index contributed by atoms with van der Waals surface area (Å²) in [6.07, 6.45) is 22.2. The first-order valence-corrected chi connectivity index (χ1v) is 11.3. The number of benzene rings is 1. The van der Waals surface area contributed by atoms with Crippen LogP contribution in [0.2, 0.25) is 0 Å². The van der Waals surface area contributed by atoms with Crippen LogP contribution in [0.25, 0.3) is 0 Å². The summed E-state index contributed by atoms with van der Waals surface area (Å²) < 4.78 is 5.07. The fraction of sp³-hybridized carbons (Fsp3) is 0.538. The van der Waals surface area contributed by atoms with Gasteiger partial charge < -0.3 is 4.74 Å². The smallest absolute Gasteiger partial charge is 0.306 e. The highest BCUT2D eigenvalue weighted by Crippen LogP contribution is 2.09. The van der Waals surface area contributed by atoms with Crippen molar-refractivity contribution >= 4 is 11.8 Å². The molecular formula is C26H38O3. The van der Waals surface area contributed by atoms with E-state index in [-0.39, 0.29) is 18.4 Å². The summed E-state index contributed by atoms with van der Waals surface area (Å²) in [4.78, 5) is 23.6. The molecule has 0 fully saturated rings. The van der Waals surface area contributed by atoms with Gasteiger partial charge in [0.25, 0.3) is 0 Å². The van der Waals surface area contributed by atoms with Crippen LogP contribution in [0.4, 0.5) is 0 Å². The second-order valence-electron chi connectivity index (χ2n) is 7.43. The predicted octanol–water partition coefficient (Wildman–Crippen LogP) is 7.23. The van der Waals surface area contributed by atoms with E-state index < -0.39 is 0 Å². The van der Waals surface area contributed by atoms with Crippen molar-refractivity contribution in [1.82, 2.24) is 0 Å². The quantitative estimate of drug-likeness (QED) is 0.120. The fourth-order valence-electron chi connectivity index (χ4n) is 3.01. The number of ketones is 1. The van der Waals surface area contributed by atoms with E-state index in [4.69, 9.17) is 4.74 Å². The number of allylic oxidation sites excluding steroid dienone is 4. The van der Waals surface area contributed by atoms with Gasteiger partial charge in [0.2, 0.25) is 0 Å². The number of carbonyl (C=O) groups is 2. The summed E-state index contributed by atoms with van der Waals surface area (Å²) in [6, 6.07) is 8.93. The van der Waals surface area contributed by atoms with Crippen LogP contribution in [-0.2, 0) is 9.53 Å². The lowest BCUT2D eigenvalue weighted by Gasteiger charge is -2.04. The summed E-state index contributed by atoms with van der Waals surface area (Å²) in [5.74, 6) is -0.432. The minimum atomic E-state index is -0.278. The van der Waals surface area contributed by atoms with Crippen molar-refractivity contribution in [2.75, 3.05) is 6.61 Å². The van der Waals surface area contributed by atoms with Gasteiger partial charge in [-0.3, -0.25) is 9.59 Å². The van der Waals surface area contributed by atoms with Gasteiger partial charge in [-0.25, -0.2) is 0 Å². The molecule has 0 unspecified atom stereocenters. The van der Waals surface area contributed by atoms with Gasteiger partial charge in [0, 0.05) is 12.0 Å². The Morgan fingerprint density at radius 1 is 0.793 bits per heavy atom. The number of rotatable bonds is 17. The molecule has 3 heteroatoms. The Kier molecular flexibility index (Phi) is 15.4. The summed E-state index contributed by atoms with van der Waals surface area (Å²) >= 11 is 0. The number of carbonyl (C=O) groups excluding carboxylic acids is 2. The number of esters is 1. The Bertz CT molecular complexity index is 602. The molecule has 0 atom stereocenters. The van der Waals surface area contributed by atoms with Crippen molar-refractivity contribution in [1.29, 1.82) is 0 Å². The molecule has 0 aromatic heterocycles. The Labute approximate surface area is 177 Å². The van der Waals surface area contributed by atoms with Crippen molar-refractivity contribution in [2.24, 2.45) is 0 Å². The molecule has 0 saturated heterocycles. The van der Waals surface area contributed by atoms with E-state index in [1.54, 1.807) is 24.3 Å². The van der Waals surface area contributed by atoms with E-state index in [9.17, 15) is 9.59 Å². The van der Waals surface area contributed by atoms with Crippen molar-refractivity contribution in [3.8, 4) is 0 Å². The van der Waals surface area contributed by atoms with E-state index in [0.717, 1.165) is 32.1 Å². The molecule has 0 heterocycles. The number of ether oxygens (including phenoxy) is 1. The van der Waals surface area contributed by atoms with E-state index in [1.807, 2.05) is 6.07 Å². The minimum absolute atomic E-state index is 0.154. The van der Waals surface area contributed by atoms with Gasteiger partial charge in [-0.1, -0.05) is 93.7 Å². The van der Waals surface area contributed by atoms with Crippen LogP contribution in [0, 0.1) is 0 Å². The van der Waals surface area contributed by atoms with Gasteiger partial charge in [0.1, 0.15) is 0 Å². The van der Waals surface area contributed by atoms with Crippen molar-refractivity contribution in [2.45, 2.75) is 84.0 Å². The molecule has 3 nitrogen and oxygen atoms in total. The SMILES string of the molecule is CCCCCC=CCC=CCCCCCCCC(=O)OCC(=O)c1ccccc1. The van der Waals surface area contributed by atoms with Gasteiger partial charge in [0.05, 0.1) is 0 Å². The number of hydrogen-bond donors (Lipinski definition) is 0. The second-order valence-corrected chi connectivity index (χ2v) is 7.43. The molecule has 0 aliphatic heterocycles. The average Bonchev–Trinajstić information content (AvgIpc) is 2.75. The highest BCUT2D eigenvalue weighted by molar-refractivity contribution is 5.97. The molecule has 0 spiro atoms. The maximum atomic E-state index is 11.9. The molecule has 29 heavy (non-hydrogen) atoms. The van der Waals surface area contributed by atoms with Crippen molar-refractivity contribution < 1.29 is 14.3 Å². The topological polar surface area (TPSA) is 43.4 Å². The number of Topliss-reactive ketones (excluding diaryl/α,β-unsaturated/α-hetero) is 1. The predicted molar refractivity (Wildman–Crippen MR) is 121 cm³/mol. The molecule has 0 N–H and O–H groups in total. The lowest BCUT2D eigenvalue weighted by Crippen LogP contribution is -2.13. The molecule has 0 aliphatic carbocycles. The van der Waals surface area contributed by atoms with Gasteiger partial charge in [-0.2, -0.15) is 0 Å². The largest absolute Gasteiger partial charge is 0.457 e. The summed E-state index contributed by atoms with van der Waals surface area (Å²) in [5.41, 5.74) is 0.581. The first-order valence-electron chi connectivity index (χ1n) is 11.3. The molecule has 1 rings (SSSR count). The van der Waals surface area contributed by atoms with Crippen LogP contribution >= 0.6 is 0 Å². The highest BCUT2D eigenvalue weighted by Gasteiger charge is 2.09. The number of hydrogen-bond acceptors (Lipinski definition) is 3. The first kappa shape index (κ1) is 24.9. The van der Waals surface area contributed by atoms with Crippen LogP contribution in [0.15, 0.2) is 54.6 Å². The Morgan fingerprint density at radius 3 is 2.10 bits per heavy atom. The molecule has 1 aromatic rings. The normalized spacial score (nSPS) is 11.3. The van der Waals surface area contributed by atoms with Gasteiger partial charge in [-0.05, 0) is 38.5 Å². The van der Waals surface area contributed by atoms with Crippen LogP contribution in [-0.4, -0.2) is 18.4 Å². The average molecular weight is 399 g/mol. The van der Waals surface area contributed by atoms with E-state index >= 15 is 0 Å². The Hall–Kier alpha value is -2.16. The molecule has 0 saturated carbocycles. The van der Waals surface area contributed by atoms with Crippen LogP contribution in [0.3, 0.4) is 0 Å². The molecule has 0 radical (unpaired) electrons. The Morgan fingerprint density at radius 2 is 1.41 bits per heavy atom. The standard InChI is InChI=1S/C26H38O3/c1-2-3-4-5-6-7-8-9-10-11-12-13-14-15-19-22-26(28)29-23-25(27)24-20-17-16-18-21-24/h6-7,9-10,16-18,20-21H,2-5,8,11-15,19,22-23H2,1H3. The van der Waals surface area contributed by atoms with Crippen LogP contribution < -0.4 is 0 Å². The van der Waals surface area contributed by atoms with Gasteiger partial charge >= 0.3 is 5.97 Å². The molecule has 160 valence electrons. The second kappa shape index (κ2) is 17.9. The van der Waals surface area contributed by atoms with E-state index in [2.05, 4.69) is 31.2 Å². The zero-order valence-electron chi connectivity index (χ0n) is 18.1. The molecule has 0 amide bonds. The van der Waals surface area contributed by atoms with Crippen molar-refractivity contribution in [3.63, 3.8) is 0 Å². The maximum absolute atomic E-state index is 11.9. The molecular weight excluding hydrogens is 360 g/mol. The third kappa shape index (κ3) is 14.5. The molecule has 0 aliphatic rings. The maximum Gasteiger partial charge on any atom is 0.306 e. The summed E-state index contributed by atoms with van der Waals surface area (Å²) in [6.45, 7) is 2.07. The summed E-state index contributed by atoms with van der Waals surface area (Å²) in [7, 11) is 0. The third-order valence-corrected chi connectivity index (χ3v) is 4.79. The van der Waals surface area contributed by atoms with Gasteiger partial charge in [0.15, 0.2) is 12.4 Å². The highest BCUT2D eigenvalue weighted by atomic mass is 16.5. The number of unbranched alkanes of at least 4 members (excludes halogenated alkanes) is 8. The Balaban J connectivity index is 1.90. The van der Waals surface area contributed by atoms with Crippen molar-refractivity contribution in [3.05, 3.63) is 60.2 Å². The minimum Gasteiger partial charge on any atom is -0.457 e. The monoisotopic (exact) mass is 398 g/mol. The molecule has 1 aromatic carbocycles. The van der Waals surface area contributed by atoms with Crippen LogP contribution in [0.5, 0.6) is 0 Å². The van der Waals surface area contributed by atoms with Gasteiger partial charge in [-0.15, -0.1) is 0 Å². The fourth-order valence-corrected chi connectivity index (χ4v) is 3.01. The summed E-state index contributed by atoms with van der Waals surface area (Å²) in [5, 5.41) is 0. The zero-order chi connectivity index (χ0) is 21.0. The van der Waals surface area contributed by atoms with E-state index in [0.29, 0.717) is 12.0 Å². The lowest BCUT2D eigenvalue weighted by molar-refractivity contribution is -0.142. The zero-order valence-corrected chi connectivity index (χ0v) is 18.1.